The standard InChI is InChI=1S/C13H27N3OS/c1-3-12(13(14)18)16-9-7-15(8-10-16)6-5-11-17-4-2/h12H,3-11H2,1-2H3,(H2,14,18). The number of thiocarbonyl (C=S) groups is 1. The van der Waals surface area contributed by atoms with Gasteiger partial charge < -0.3 is 15.4 Å². The highest BCUT2D eigenvalue weighted by atomic mass is 32.1. The van der Waals surface area contributed by atoms with Crippen LogP contribution in [0.15, 0.2) is 0 Å². The predicted molar refractivity (Wildman–Crippen MR) is 80.0 cm³/mol. The molecule has 0 spiro atoms. The fourth-order valence-electron chi connectivity index (χ4n) is 2.47. The van der Waals surface area contributed by atoms with E-state index < -0.39 is 0 Å². The Morgan fingerprint density at radius 2 is 1.94 bits per heavy atom. The van der Waals surface area contributed by atoms with Gasteiger partial charge in [0.25, 0.3) is 0 Å². The monoisotopic (exact) mass is 273 g/mol. The van der Waals surface area contributed by atoms with Crippen LogP contribution in [0.25, 0.3) is 0 Å². The van der Waals surface area contributed by atoms with Crippen LogP contribution in [0.5, 0.6) is 0 Å². The molecule has 0 bridgehead atoms. The SMILES string of the molecule is CCOCCCN1CCN(C(CC)C(N)=S)CC1. The second-order valence-electron chi connectivity index (χ2n) is 4.75. The number of ether oxygens (including phenoxy) is 1. The van der Waals surface area contributed by atoms with E-state index in [2.05, 4.69) is 16.7 Å². The molecule has 1 rings (SSSR count). The number of rotatable bonds is 8. The van der Waals surface area contributed by atoms with E-state index in [1.54, 1.807) is 0 Å². The summed E-state index contributed by atoms with van der Waals surface area (Å²) in [5.41, 5.74) is 5.79. The van der Waals surface area contributed by atoms with Crippen molar-refractivity contribution in [3.8, 4) is 0 Å². The first kappa shape index (κ1) is 15.8. The van der Waals surface area contributed by atoms with Gasteiger partial charge in [-0.2, -0.15) is 0 Å². The van der Waals surface area contributed by atoms with Crippen LogP contribution in [0.4, 0.5) is 0 Å². The van der Waals surface area contributed by atoms with E-state index >= 15 is 0 Å². The Labute approximate surface area is 116 Å². The van der Waals surface area contributed by atoms with Crippen molar-refractivity contribution >= 4 is 17.2 Å². The molecule has 1 aliphatic rings. The smallest absolute Gasteiger partial charge is 0.0901 e. The summed E-state index contributed by atoms with van der Waals surface area (Å²) in [4.78, 5) is 5.56. The summed E-state index contributed by atoms with van der Waals surface area (Å²) in [7, 11) is 0. The molecule has 18 heavy (non-hydrogen) atoms. The predicted octanol–water partition coefficient (Wildman–Crippen LogP) is 1.10. The molecule has 0 aromatic carbocycles. The van der Waals surface area contributed by atoms with E-state index in [0.29, 0.717) is 4.99 Å². The van der Waals surface area contributed by atoms with Gasteiger partial charge in [-0.1, -0.05) is 19.1 Å². The zero-order chi connectivity index (χ0) is 13.4. The van der Waals surface area contributed by atoms with Gasteiger partial charge in [0.05, 0.1) is 11.0 Å². The van der Waals surface area contributed by atoms with E-state index in [9.17, 15) is 0 Å². The zero-order valence-corrected chi connectivity index (χ0v) is 12.5. The molecule has 1 atom stereocenters. The highest BCUT2D eigenvalue weighted by Crippen LogP contribution is 2.10. The summed E-state index contributed by atoms with van der Waals surface area (Å²) in [6.07, 6.45) is 2.14. The zero-order valence-electron chi connectivity index (χ0n) is 11.7. The quantitative estimate of drug-likeness (QED) is 0.530. The molecular formula is C13H27N3OS. The third-order valence-corrected chi connectivity index (χ3v) is 3.80. The van der Waals surface area contributed by atoms with Gasteiger partial charge in [0.2, 0.25) is 0 Å². The lowest BCUT2D eigenvalue weighted by atomic mass is 10.1. The van der Waals surface area contributed by atoms with E-state index in [1.165, 1.54) is 0 Å². The summed E-state index contributed by atoms with van der Waals surface area (Å²) in [6, 6.07) is 0.283. The van der Waals surface area contributed by atoms with E-state index in [-0.39, 0.29) is 6.04 Å². The van der Waals surface area contributed by atoms with Crippen LogP contribution in [-0.4, -0.2) is 66.8 Å². The second kappa shape index (κ2) is 8.80. The van der Waals surface area contributed by atoms with Crippen LogP contribution < -0.4 is 5.73 Å². The van der Waals surface area contributed by atoms with Gasteiger partial charge in [0, 0.05) is 45.9 Å². The van der Waals surface area contributed by atoms with Crippen LogP contribution in [0.1, 0.15) is 26.7 Å². The fraction of sp³-hybridized carbons (Fsp3) is 0.923. The maximum absolute atomic E-state index is 5.79. The molecule has 1 fully saturated rings. The summed E-state index contributed by atoms with van der Waals surface area (Å²) in [5.74, 6) is 0. The van der Waals surface area contributed by atoms with E-state index in [4.69, 9.17) is 22.7 Å². The summed E-state index contributed by atoms with van der Waals surface area (Å²) in [6.45, 7) is 11.4. The van der Waals surface area contributed by atoms with Gasteiger partial charge >= 0.3 is 0 Å². The Bertz CT molecular complexity index is 242. The van der Waals surface area contributed by atoms with E-state index in [1.807, 2.05) is 6.92 Å². The van der Waals surface area contributed by atoms with Gasteiger partial charge in [-0.15, -0.1) is 0 Å². The van der Waals surface area contributed by atoms with Crippen molar-refractivity contribution in [2.24, 2.45) is 5.73 Å². The number of hydrogen-bond donors (Lipinski definition) is 1. The molecule has 0 aliphatic carbocycles. The average Bonchev–Trinajstić information content (AvgIpc) is 2.37. The van der Waals surface area contributed by atoms with Crippen LogP contribution in [0.2, 0.25) is 0 Å². The molecule has 4 nitrogen and oxygen atoms in total. The van der Waals surface area contributed by atoms with Crippen molar-refractivity contribution in [2.45, 2.75) is 32.7 Å². The number of nitrogens with two attached hydrogens (primary N) is 1. The summed E-state index contributed by atoms with van der Waals surface area (Å²) < 4.78 is 5.36. The topological polar surface area (TPSA) is 41.7 Å². The highest BCUT2D eigenvalue weighted by molar-refractivity contribution is 7.80. The van der Waals surface area contributed by atoms with E-state index in [0.717, 1.165) is 58.8 Å². The van der Waals surface area contributed by atoms with Crippen molar-refractivity contribution in [1.29, 1.82) is 0 Å². The normalized spacial score (nSPS) is 19.9. The molecule has 106 valence electrons. The molecule has 0 radical (unpaired) electrons. The van der Waals surface area contributed by atoms with Crippen molar-refractivity contribution < 1.29 is 4.74 Å². The summed E-state index contributed by atoms with van der Waals surface area (Å²) in [5, 5.41) is 0. The van der Waals surface area contributed by atoms with Gasteiger partial charge in [0.15, 0.2) is 0 Å². The van der Waals surface area contributed by atoms with Crippen molar-refractivity contribution in [3.05, 3.63) is 0 Å². The van der Waals surface area contributed by atoms with Crippen molar-refractivity contribution in [1.82, 2.24) is 9.80 Å². The lowest BCUT2D eigenvalue weighted by Crippen LogP contribution is -2.53. The maximum Gasteiger partial charge on any atom is 0.0901 e. The van der Waals surface area contributed by atoms with Crippen LogP contribution >= 0.6 is 12.2 Å². The highest BCUT2D eigenvalue weighted by Gasteiger charge is 2.23. The number of hydrogen-bond acceptors (Lipinski definition) is 4. The minimum Gasteiger partial charge on any atom is -0.392 e. The lowest BCUT2D eigenvalue weighted by molar-refractivity contribution is 0.0961. The van der Waals surface area contributed by atoms with Crippen LogP contribution in [-0.2, 0) is 4.74 Å². The third kappa shape index (κ3) is 5.18. The summed E-state index contributed by atoms with van der Waals surface area (Å²) >= 11 is 5.13. The molecule has 5 heteroatoms. The molecule has 0 aromatic heterocycles. The van der Waals surface area contributed by atoms with Gasteiger partial charge in [-0.3, -0.25) is 4.90 Å². The maximum atomic E-state index is 5.79. The minimum atomic E-state index is 0.283. The minimum absolute atomic E-state index is 0.283. The Kier molecular flexibility index (Phi) is 7.74. The molecule has 1 saturated heterocycles. The Morgan fingerprint density at radius 1 is 1.28 bits per heavy atom. The Morgan fingerprint density at radius 3 is 2.44 bits per heavy atom. The molecule has 2 N–H and O–H groups in total. The number of nitrogens with zero attached hydrogens (tertiary/aromatic N) is 2. The molecule has 0 amide bonds. The largest absolute Gasteiger partial charge is 0.392 e. The Balaban J connectivity index is 2.21. The second-order valence-corrected chi connectivity index (χ2v) is 5.23. The van der Waals surface area contributed by atoms with Crippen LogP contribution in [0, 0.1) is 0 Å². The molecule has 1 unspecified atom stereocenters. The van der Waals surface area contributed by atoms with Crippen molar-refractivity contribution in [3.63, 3.8) is 0 Å². The van der Waals surface area contributed by atoms with Gasteiger partial charge in [0.1, 0.15) is 0 Å². The lowest BCUT2D eigenvalue weighted by Gasteiger charge is -2.38. The fourth-order valence-corrected chi connectivity index (χ4v) is 2.79. The molecule has 0 aromatic rings. The average molecular weight is 273 g/mol. The third-order valence-electron chi connectivity index (χ3n) is 3.53. The van der Waals surface area contributed by atoms with Gasteiger partial charge in [-0.25, -0.2) is 0 Å². The molecular weight excluding hydrogens is 246 g/mol. The molecule has 1 heterocycles. The molecule has 0 saturated carbocycles. The molecule has 1 aliphatic heterocycles. The first-order valence-electron chi connectivity index (χ1n) is 7.02. The first-order chi connectivity index (χ1) is 8.69. The number of piperazine rings is 1. The van der Waals surface area contributed by atoms with Crippen molar-refractivity contribution in [2.75, 3.05) is 45.9 Å². The van der Waals surface area contributed by atoms with Crippen LogP contribution in [0.3, 0.4) is 0 Å². The first-order valence-corrected chi connectivity index (χ1v) is 7.43. The Hall–Kier alpha value is -0.230. The van der Waals surface area contributed by atoms with Gasteiger partial charge in [-0.05, 0) is 19.8 Å².